The van der Waals surface area contributed by atoms with Crippen molar-refractivity contribution in [2.45, 2.75) is 6.92 Å². The van der Waals surface area contributed by atoms with Crippen LogP contribution in [0.2, 0.25) is 0 Å². The highest BCUT2D eigenvalue weighted by atomic mass is 16.6. The Kier molecular flexibility index (Phi) is 4.15. The first kappa shape index (κ1) is 12.6. The topological polar surface area (TPSA) is 98.5 Å². The zero-order chi connectivity index (χ0) is 12.8. The number of ether oxygens (including phenoxy) is 1. The maximum atomic E-state index is 11.4. The van der Waals surface area contributed by atoms with E-state index in [2.05, 4.69) is 4.74 Å². The molecule has 17 heavy (non-hydrogen) atoms. The minimum absolute atomic E-state index is 0.127. The summed E-state index contributed by atoms with van der Waals surface area (Å²) >= 11 is 0. The van der Waals surface area contributed by atoms with Gasteiger partial charge in [0.05, 0.1) is 11.5 Å². The molecule has 1 aromatic carbocycles. The van der Waals surface area contributed by atoms with Crippen LogP contribution in [0.5, 0.6) is 0 Å². The third-order valence-corrected chi connectivity index (χ3v) is 1.83. The van der Waals surface area contributed by atoms with E-state index < -0.39 is 16.9 Å². The monoisotopic (exact) mass is 238 g/mol. The van der Waals surface area contributed by atoms with Crippen molar-refractivity contribution in [2.75, 3.05) is 6.61 Å². The lowest BCUT2D eigenvalue weighted by molar-refractivity contribution is -0.384. The molecule has 1 aromatic rings. The number of carbonyl (C=O) groups is 2. The van der Waals surface area contributed by atoms with Crippen molar-refractivity contribution in [3.05, 3.63) is 39.9 Å². The van der Waals surface area contributed by atoms with E-state index in [1.165, 1.54) is 24.3 Å². The van der Waals surface area contributed by atoms with Crippen molar-refractivity contribution in [3.63, 3.8) is 0 Å². The standard InChI is InChI=1S/C10H10N2O5/c1-2-17-10(14)11-9(13)7-3-5-8(6-4-7)12(15)16/h3-6H,2H2,1H3,(H,11,13,14). The Bertz CT molecular complexity index is 441. The van der Waals surface area contributed by atoms with Crippen molar-refractivity contribution in [1.29, 1.82) is 0 Å². The molecule has 0 aliphatic heterocycles. The van der Waals surface area contributed by atoms with Crippen LogP contribution in [0.3, 0.4) is 0 Å². The van der Waals surface area contributed by atoms with Crippen LogP contribution in [0, 0.1) is 10.1 Å². The predicted molar refractivity (Wildman–Crippen MR) is 57.6 cm³/mol. The molecule has 0 saturated carbocycles. The Morgan fingerprint density at radius 2 is 1.94 bits per heavy atom. The second-order valence-corrected chi connectivity index (χ2v) is 2.98. The maximum absolute atomic E-state index is 11.4. The van der Waals surface area contributed by atoms with E-state index in [0.717, 1.165) is 0 Å². The fourth-order valence-electron chi connectivity index (χ4n) is 1.07. The predicted octanol–water partition coefficient (Wildman–Crippen LogP) is 1.48. The van der Waals surface area contributed by atoms with Crippen LogP contribution in [-0.4, -0.2) is 23.5 Å². The van der Waals surface area contributed by atoms with E-state index in [4.69, 9.17) is 0 Å². The minimum Gasteiger partial charge on any atom is -0.450 e. The number of nitro groups is 1. The minimum atomic E-state index is -0.851. The number of rotatable bonds is 3. The summed E-state index contributed by atoms with van der Waals surface area (Å²) in [5.41, 5.74) is 0.0151. The van der Waals surface area contributed by atoms with Crippen molar-refractivity contribution in [3.8, 4) is 0 Å². The van der Waals surface area contributed by atoms with Crippen LogP contribution in [0.25, 0.3) is 0 Å². The van der Waals surface area contributed by atoms with Gasteiger partial charge in [-0.3, -0.25) is 20.2 Å². The van der Waals surface area contributed by atoms with E-state index in [0.29, 0.717) is 0 Å². The second-order valence-electron chi connectivity index (χ2n) is 2.98. The molecule has 2 amide bonds. The van der Waals surface area contributed by atoms with Gasteiger partial charge in [0, 0.05) is 17.7 Å². The number of hydrogen-bond donors (Lipinski definition) is 1. The molecule has 1 N–H and O–H groups in total. The smallest absolute Gasteiger partial charge is 0.414 e. The summed E-state index contributed by atoms with van der Waals surface area (Å²) in [5.74, 6) is -0.668. The molecule has 7 heteroatoms. The highest BCUT2D eigenvalue weighted by Crippen LogP contribution is 2.11. The van der Waals surface area contributed by atoms with Crippen molar-refractivity contribution in [1.82, 2.24) is 5.32 Å². The molecule has 0 atom stereocenters. The van der Waals surface area contributed by atoms with E-state index in [1.54, 1.807) is 6.92 Å². The lowest BCUT2D eigenvalue weighted by Crippen LogP contribution is -2.30. The highest BCUT2D eigenvalue weighted by Gasteiger charge is 2.12. The van der Waals surface area contributed by atoms with Gasteiger partial charge in [0.1, 0.15) is 0 Å². The van der Waals surface area contributed by atoms with Crippen molar-refractivity contribution in [2.24, 2.45) is 0 Å². The normalized spacial score (nSPS) is 9.47. The van der Waals surface area contributed by atoms with E-state index >= 15 is 0 Å². The third kappa shape index (κ3) is 3.56. The zero-order valence-electron chi connectivity index (χ0n) is 9.00. The van der Waals surface area contributed by atoms with Gasteiger partial charge >= 0.3 is 6.09 Å². The number of non-ortho nitro benzene ring substituents is 1. The summed E-state index contributed by atoms with van der Waals surface area (Å²) in [6.45, 7) is 1.76. The van der Waals surface area contributed by atoms with E-state index in [9.17, 15) is 19.7 Å². The molecule has 0 radical (unpaired) electrons. The largest absolute Gasteiger partial charge is 0.450 e. The Balaban J connectivity index is 2.70. The Hall–Kier alpha value is -2.44. The molecular weight excluding hydrogens is 228 g/mol. The average Bonchev–Trinajstić information content (AvgIpc) is 2.29. The van der Waals surface area contributed by atoms with Gasteiger partial charge in [0.25, 0.3) is 11.6 Å². The SMILES string of the molecule is CCOC(=O)NC(=O)c1ccc([N+](=O)[O-])cc1. The second kappa shape index (κ2) is 5.59. The van der Waals surface area contributed by atoms with Crippen LogP contribution in [0.15, 0.2) is 24.3 Å². The Morgan fingerprint density at radius 1 is 1.35 bits per heavy atom. The summed E-state index contributed by atoms with van der Waals surface area (Å²) in [6, 6.07) is 4.87. The molecule has 0 spiro atoms. The molecule has 0 heterocycles. The quantitative estimate of drug-likeness (QED) is 0.635. The summed E-state index contributed by atoms with van der Waals surface area (Å²) in [5, 5.41) is 12.4. The Morgan fingerprint density at radius 3 is 2.41 bits per heavy atom. The van der Waals surface area contributed by atoms with Crippen molar-refractivity contribution < 1.29 is 19.2 Å². The van der Waals surface area contributed by atoms with Gasteiger partial charge in [0.2, 0.25) is 0 Å². The van der Waals surface area contributed by atoms with Crippen LogP contribution in [0.4, 0.5) is 10.5 Å². The summed E-state index contributed by atoms with van der Waals surface area (Å²) in [6.07, 6.45) is -0.851. The molecule has 0 fully saturated rings. The van der Waals surface area contributed by atoms with Gasteiger partial charge in [-0.05, 0) is 19.1 Å². The third-order valence-electron chi connectivity index (χ3n) is 1.83. The van der Waals surface area contributed by atoms with Gasteiger partial charge < -0.3 is 4.74 Å². The van der Waals surface area contributed by atoms with Crippen LogP contribution < -0.4 is 5.32 Å². The number of carbonyl (C=O) groups excluding carboxylic acids is 2. The summed E-state index contributed by atoms with van der Waals surface area (Å²) in [7, 11) is 0. The Labute approximate surface area is 96.5 Å². The molecule has 0 aliphatic carbocycles. The summed E-state index contributed by atoms with van der Waals surface area (Å²) in [4.78, 5) is 32.2. The molecule has 90 valence electrons. The molecule has 0 unspecified atom stereocenters. The number of imide groups is 1. The maximum Gasteiger partial charge on any atom is 0.414 e. The number of benzene rings is 1. The van der Waals surface area contributed by atoms with Crippen LogP contribution in [0.1, 0.15) is 17.3 Å². The lowest BCUT2D eigenvalue weighted by Gasteiger charge is -2.03. The first-order valence-corrected chi connectivity index (χ1v) is 4.77. The molecule has 1 rings (SSSR count). The lowest BCUT2D eigenvalue weighted by atomic mass is 10.2. The van der Waals surface area contributed by atoms with Gasteiger partial charge in [-0.1, -0.05) is 0 Å². The number of amides is 2. The van der Waals surface area contributed by atoms with E-state index in [-0.39, 0.29) is 17.9 Å². The van der Waals surface area contributed by atoms with Crippen LogP contribution in [-0.2, 0) is 4.74 Å². The fourth-order valence-corrected chi connectivity index (χ4v) is 1.07. The number of nitro benzene ring substituents is 1. The first-order chi connectivity index (χ1) is 8.04. The van der Waals surface area contributed by atoms with Gasteiger partial charge in [-0.25, -0.2) is 4.79 Å². The van der Waals surface area contributed by atoms with E-state index in [1.807, 2.05) is 5.32 Å². The number of nitrogens with one attached hydrogen (secondary N) is 1. The fraction of sp³-hybridized carbons (Fsp3) is 0.200. The average molecular weight is 238 g/mol. The highest BCUT2D eigenvalue weighted by molar-refractivity contribution is 6.02. The molecule has 0 aliphatic rings. The molecule has 7 nitrogen and oxygen atoms in total. The molecular formula is C10H10N2O5. The molecule has 0 aromatic heterocycles. The zero-order valence-corrected chi connectivity index (χ0v) is 9.00. The number of alkyl carbamates (subject to hydrolysis) is 1. The molecule has 0 bridgehead atoms. The first-order valence-electron chi connectivity index (χ1n) is 4.77. The molecule has 0 saturated heterocycles. The van der Waals surface area contributed by atoms with Gasteiger partial charge in [0.15, 0.2) is 0 Å². The van der Waals surface area contributed by atoms with Crippen molar-refractivity contribution >= 4 is 17.7 Å². The number of hydrogen-bond acceptors (Lipinski definition) is 5. The van der Waals surface area contributed by atoms with Gasteiger partial charge in [-0.2, -0.15) is 0 Å². The van der Waals surface area contributed by atoms with Gasteiger partial charge in [-0.15, -0.1) is 0 Å². The summed E-state index contributed by atoms with van der Waals surface area (Å²) < 4.78 is 4.52. The van der Waals surface area contributed by atoms with Crippen LogP contribution >= 0.6 is 0 Å². The number of nitrogens with zero attached hydrogens (tertiary/aromatic N) is 1.